The molecule has 26 heavy (non-hydrogen) atoms. The van der Waals surface area contributed by atoms with E-state index in [4.69, 9.17) is 5.11 Å². The van der Waals surface area contributed by atoms with Gasteiger partial charge in [-0.15, -0.1) is 0 Å². The molecule has 1 unspecified atom stereocenters. The molecule has 0 radical (unpaired) electrons. The van der Waals surface area contributed by atoms with E-state index in [-0.39, 0.29) is 12.5 Å². The minimum atomic E-state index is -3.31. The topological polar surface area (TPSA) is 94.9 Å². The molecule has 0 aliphatic rings. The fourth-order valence-corrected chi connectivity index (χ4v) is 4.22. The summed E-state index contributed by atoms with van der Waals surface area (Å²) in [5.41, 5.74) is 0. The molecule has 156 valence electrons. The molecule has 0 aromatic rings. The summed E-state index contributed by atoms with van der Waals surface area (Å²) in [7, 11) is -3.31. The van der Waals surface area contributed by atoms with E-state index in [0.29, 0.717) is 32.4 Å². The van der Waals surface area contributed by atoms with Crippen LogP contribution in [-0.4, -0.2) is 53.3 Å². The van der Waals surface area contributed by atoms with Crippen LogP contribution < -0.4 is 0 Å². The first-order chi connectivity index (χ1) is 12.2. The molecule has 0 aliphatic heterocycles. The van der Waals surface area contributed by atoms with E-state index >= 15 is 0 Å². The number of nitrogens with zero attached hydrogens (tertiary/aromatic N) is 1. The molecule has 0 saturated heterocycles. The highest BCUT2D eigenvalue weighted by Crippen LogP contribution is 2.15. The SMILES string of the molecule is CCCCCC(O)CCCN(CCCCCCC(=O)O)S(=O)(=O)C(C)C. The van der Waals surface area contributed by atoms with Gasteiger partial charge < -0.3 is 10.2 Å². The van der Waals surface area contributed by atoms with Gasteiger partial charge in [0.25, 0.3) is 0 Å². The molecule has 0 bridgehead atoms. The zero-order valence-corrected chi connectivity index (χ0v) is 17.6. The maximum Gasteiger partial charge on any atom is 0.303 e. The van der Waals surface area contributed by atoms with Crippen LogP contribution in [0.1, 0.15) is 91.4 Å². The first-order valence-corrected chi connectivity index (χ1v) is 11.6. The molecule has 6 nitrogen and oxygen atoms in total. The molecule has 0 aliphatic carbocycles. The Morgan fingerprint density at radius 2 is 1.50 bits per heavy atom. The van der Waals surface area contributed by atoms with Gasteiger partial charge in [0, 0.05) is 19.5 Å². The fourth-order valence-electron chi connectivity index (χ4n) is 2.86. The molecule has 0 fully saturated rings. The minimum Gasteiger partial charge on any atom is -0.481 e. The second-order valence-electron chi connectivity index (χ2n) is 7.34. The number of aliphatic carboxylic acids is 1. The van der Waals surface area contributed by atoms with E-state index in [0.717, 1.165) is 44.9 Å². The van der Waals surface area contributed by atoms with Gasteiger partial charge in [0.15, 0.2) is 0 Å². The highest BCUT2D eigenvalue weighted by molar-refractivity contribution is 7.89. The predicted molar refractivity (Wildman–Crippen MR) is 106 cm³/mol. The fraction of sp³-hybridized carbons (Fsp3) is 0.947. The lowest BCUT2D eigenvalue weighted by atomic mass is 10.1. The van der Waals surface area contributed by atoms with Gasteiger partial charge in [0.05, 0.1) is 11.4 Å². The number of carboxylic acid groups (broad SMARTS) is 1. The van der Waals surface area contributed by atoms with Crippen LogP contribution >= 0.6 is 0 Å². The Labute approximate surface area is 160 Å². The van der Waals surface area contributed by atoms with Crippen LogP contribution in [0.3, 0.4) is 0 Å². The Balaban J connectivity index is 4.30. The highest BCUT2D eigenvalue weighted by Gasteiger charge is 2.25. The molecule has 1 atom stereocenters. The lowest BCUT2D eigenvalue weighted by Crippen LogP contribution is -2.38. The van der Waals surface area contributed by atoms with E-state index < -0.39 is 21.2 Å². The lowest BCUT2D eigenvalue weighted by Gasteiger charge is -2.25. The maximum atomic E-state index is 12.5. The number of aliphatic hydroxyl groups excluding tert-OH is 1. The van der Waals surface area contributed by atoms with Gasteiger partial charge in [-0.05, 0) is 46.0 Å². The number of aliphatic hydroxyl groups is 1. The number of sulfonamides is 1. The van der Waals surface area contributed by atoms with Gasteiger partial charge in [0.1, 0.15) is 0 Å². The molecule has 0 aromatic carbocycles. The van der Waals surface area contributed by atoms with Crippen LogP contribution in [0.4, 0.5) is 0 Å². The van der Waals surface area contributed by atoms with Crippen molar-refractivity contribution in [2.75, 3.05) is 13.1 Å². The Hall–Kier alpha value is -0.660. The number of carboxylic acids is 1. The molecular weight excluding hydrogens is 354 g/mol. The van der Waals surface area contributed by atoms with Crippen molar-refractivity contribution in [1.29, 1.82) is 0 Å². The van der Waals surface area contributed by atoms with E-state index in [1.54, 1.807) is 18.2 Å². The standard InChI is InChI=1S/C19H39NO5S/c1-4-5-8-12-18(21)13-11-16-20(26(24,25)17(2)3)15-10-7-6-9-14-19(22)23/h17-18,21H,4-16H2,1-3H3,(H,22,23). The van der Waals surface area contributed by atoms with Crippen molar-refractivity contribution in [1.82, 2.24) is 4.31 Å². The van der Waals surface area contributed by atoms with Crippen LogP contribution in [0.5, 0.6) is 0 Å². The summed E-state index contributed by atoms with van der Waals surface area (Å²) in [4.78, 5) is 10.5. The molecule has 0 rings (SSSR count). The minimum absolute atomic E-state index is 0.171. The van der Waals surface area contributed by atoms with E-state index in [1.807, 2.05) is 0 Å². The van der Waals surface area contributed by atoms with Gasteiger partial charge in [-0.1, -0.05) is 39.0 Å². The Morgan fingerprint density at radius 3 is 2.08 bits per heavy atom. The van der Waals surface area contributed by atoms with Crippen LogP contribution in [0.2, 0.25) is 0 Å². The highest BCUT2D eigenvalue weighted by atomic mass is 32.2. The largest absolute Gasteiger partial charge is 0.481 e. The Bertz CT molecular complexity index is 465. The molecule has 0 amide bonds. The lowest BCUT2D eigenvalue weighted by molar-refractivity contribution is -0.137. The maximum absolute atomic E-state index is 12.5. The van der Waals surface area contributed by atoms with Gasteiger partial charge in [0.2, 0.25) is 10.0 Å². The molecule has 0 aromatic heterocycles. The van der Waals surface area contributed by atoms with Crippen LogP contribution in [0.15, 0.2) is 0 Å². The van der Waals surface area contributed by atoms with Gasteiger partial charge in [-0.2, -0.15) is 0 Å². The normalized spacial score (nSPS) is 13.5. The van der Waals surface area contributed by atoms with E-state index in [9.17, 15) is 18.3 Å². The molecule has 0 heterocycles. The zero-order valence-electron chi connectivity index (χ0n) is 16.8. The third-order valence-electron chi connectivity index (χ3n) is 4.59. The summed E-state index contributed by atoms with van der Waals surface area (Å²) >= 11 is 0. The van der Waals surface area contributed by atoms with Crippen molar-refractivity contribution >= 4 is 16.0 Å². The summed E-state index contributed by atoms with van der Waals surface area (Å²) in [5.74, 6) is -0.786. The van der Waals surface area contributed by atoms with Gasteiger partial charge in [-0.3, -0.25) is 4.79 Å². The summed E-state index contributed by atoms with van der Waals surface area (Å²) in [5, 5.41) is 18.2. The summed E-state index contributed by atoms with van der Waals surface area (Å²) in [6.45, 7) is 6.42. The van der Waals surface area contributed by atoms with Crippen molar-refractivity contribution in [3.05, 3.63) is 0 Å². The first kappa shape index (κ1) is 25.3. The second-order valence-corrected chi connectivity index (χ2v) is 9.83. The summed E-state index contributed by atoms with van der Waals surface area (Å²) < 4.78 is 26.6. The summed E-state index contributed by atoms with van der Waals surface area (Å²) in [6, 6.07) is 0. The first-order valence-electron chi connectivity index (χ1n) is 10.1. The number of hydrogen-bond acceptors (Lipinski definition) is 4. The quantitative estimate of drug-likeness (QED) is 0.367. The van der Waals surface area contributed by atoms with Gasteiger partial charge >= 0.3 is 5.97 Å². The number of unbranched alkanes of at least 4 members (excludes halogenated alkanes) is 5. The van der Waals surface area contributed by atoms with Crippen molar-refractivity contribution in [3.63, 3.8) is 0 Å². The van der Waals surface area contributed by atoms with Crippen LogP contribution in [-0.2, 0) is 14.8 Å². The predicted octanol–water partition coefficient (Wildman–Crippen LogP) is 3.78. The Kier molecular flexibility index (Phi) is 14.0. The van der Waals surface area contributed by atoms with Crippen LogP contribution in [0, 0.1) is 0 Å². The monoisotopic (exact) mass is 393 g/mol. The molecular formula is C19H39NO5S. The summed E-state index contributed by atoms with van der Waals surface area (Å²) in [6.07, 6.45) is 8.17. The molecule has 0 spiro atoms. The van der Waals surface area contributed by atoms with Gasteiger partial charge in [-0.25, -0.2) is 12.7 Å². The Morgan fingerprint density at radius 1 is 0.923 bits per heavy atom. The van der Waals surface area contributed by atoms with E-state index in [1.165, 1.54) is 0 Å². The third kappa shape index (κ3) is 11.9. The zero-order chi connectivity index (χ0) is 20.0. The average molecular weight is 394 g/mol. The number of rotatable bonds is 17. The number of carbonyl (C=O) groups is 1. The second kappa shape index (κ2) is 14.4. The molecule has 2 N–H and O–H groups in total. The van der Waals surface area contributed by atoms with Crippen molar-refractivity contribution in [2.45, 2.75) is 103 Å². The average Bonchev–Trinajstić information content (AvgIpc) is 2.55. The van der Waals surface area contributed by atoms with Crippen molar-refractivity contribution in [2.24, 2.45) is 0 Å². The van der Waals surface area contributed by atoms with Crippen molar-refractivity contribution < 1.29 is 23.4 Å². The van der Waals surface area contributed by atoms with Crippen LogP contribution in [0.25, 0.3) is 0 Å². The third-order valence-corrected chi connectivity index (χ3v) is 6.87. The molecule has 7 heteroatoms. The smallest absolute Gasteiger partial charge is 0.303 e. The van der Waals surface area contributed by atoms with E-state index in [2.05, 4.69) is 6.92 Å². The molecule has 0 saturated carbocycles. The van der Waals surface area contributed by atoms with Crippen molar-refractivity contribution in [3.8, 4) is 0 Å². The number of hydrogen-bond donors (Lipinski definition) is 2.